The van der Waals surface area contributed by atoms with E-state index < -0.39 is 12.2 Å². The molecule has 3 atom stereocenters. The number of hydrogen-bond acceptors (Lipinski definition) is 6. The molecule has 0 bridgehead atoms. The maximum absolute atomic E-state index is 13.0. The number of para-hydroxylation sites is 2. The minimum absolute atomic E-state index is 0.183. The van der Waals surface area contributed by atoms with Crippen LogP contribution in [0.4, 0.5) is 5.69 Å². The molecule has 3 aromatic rings. The van der Waals surface area contributed by atoms with Gasteiger partial charge in [0.05, 0.1) is 48.5 Å². The summed E-state index contributed by atoms with van der Waals surface area (Å²) >= 11 is 0. The number of ether oxygens (including phenoxy) is 1. The molecule has 2 aromatic heterocycles. The van der Waals surface area contributed by atoms with Crippen molar-refractivity contribution in [2.75, 3.05) is 11.4 Å². The van der Waals surface area contributed by atoms with E-state index in [0.717, 1.165) is 42.8 Å². The van der Waals surface area contributed by atoms with Crippen molar-refractivity contribution in [1.29, 1.82) is 0 Å². The second kappa shape index (κ2) is 9.00. The summed E-state index contributed by atoms with van der Waals surface area (Å²) in [6.45, 7) is 0.962. The van der Waals surface area contributed by atoms with Crippen molar-refractivity contribution in [2.24, 2.45) is 0 Å². The molecule has 8 nitrogen and oxygen atoms in total. The number of benzene rings is 1. The van der Waals surface area contributed by atoms with E-state index in [1.165, 1.54) is 0 Å². The Kier molecular flexibility index (Phi) is 5.77. The predicted molar refractivity (Wildman–Crippen MR) is 120 cm³/mol. The molecule has 32 heavy (non-hydrogen) atoms. The molecule has 1 unspecified atom stereocenters. The van der Waals surface area contributed by atoms with Crippen LogP contribution in [0.2, 0.25) is 0 Å². The lowest BCUT2D eigenvalue weighted by Crippen LogP contribution is -2.54. The molecule has 1 saturated carbocycles. The fourth-order valence-electron chi connectivity index (χ4n) is 4.41. The van der Waals surface area contributed by atoms with Crippen LogP contribution in [-0.2, 0) is 11.3 Å². The fourth-order valence-corrected chi connectivity index (χ4v) is 4.41. The first-order chi connectivity index (χ1) is 15.7. The normalized spacial score (nSPS) is 22.7. The maximum Gasteiger partial charge on any atom is 0.263 e. The van der Waals surface area contributed by atoms with Gasteiger partial charge in [-0.2, -0.15) is 5.10 Å². The number of pyridine rings is 1. The van der Waals surface area contributed by atoms with Crippen molar-refractivity contribution in [3.63, 3.8) is 0 Å². The molecule has 5 rings (SSSR count). The van der Waals surface area contributed by atoms with Gasteiger partial charge in [-0.25, -0.2) is 4.68 Å². The minimum atomic E-state index is -0.651. The molecule has 1 amide bonds. The van der Waals surface area contributed by atoms with Gasteiger partial charge in [0.1, 0.15) is 5.75 Å². The summed E-state index contributed by atoms with van der Waals surface area (Å²) in [5.41, 5.74) is 2.72. The number of amides is 1. The molecule has 166 valence electrons. The Morgan fingerprint density at radius 3 is 2.81 bits per heavy atom. The van der Waals surface area contributed by atoms with Gasteiger partial charge in [0.2, 0.25) is 0 Å². The zero-order valence-corrected chi connectivity index (χ0v) is 17.8. The van der Waals surface area contributed by atoms with Crippen LogP contribution in [-0.4, -0.2) is 50.6 Å². The Labute approximate surface area is 186 Å². The number of aliphatic hydroxyl groups is 1. The number of aliphatic hydroxyl groups excluding tert-OH is 1. The van der Waals surface area contributed by atoms with E-state index in [2.05, 4.69) is 20.3 Å². The van der Waals surface area contributed by atoms with Gasteiger partial charge in [0.25, 0.3) is 5.91 Å². The van der Waals surface area contributed by atoms with Gasteiger partial charge in [0, 0.05) is 12.4 Å². The summed E-state index contributed by atoms with van der Waals surface area (Å²) in [5, 5.41) is 17.5. The van der Waals surface area contributed by atoms with Crippen LogP contribution in [0.1, 0.15) is 31.4 Å². The van der Waals surface area contributed by atoms with E-state index in [4.69, 9.17) is 4.74 Å². The molecule has 2 N–H and O–H groups in total. The van der Waals surface area contributed by atoms with Crippen molar-refractivity contribution >= 4 is 11.6 Å². The van der Waals surface area contributed by atoms with Gasteiger partial charge in [0.15, 0.2) is 6.10 Å². The topological polar surface area (TPSA) is 92.5 Å². The monoisotopic (exact) mass is 433 g/mol. The summed E-state index contributed by atoms with van der Waals surface area (Å²) in [6.07, 6.45) is 7.81. The van der Waals surface area contributed by atoms with Gasteiger partial charge in [-0.1, -0.05) is 25.0 Å². The van der Waals surface area contributed by atoms with E-state index in [1.54, 1.807) is 17.1 Å². The van der Waals surface area contributed by atoms with Gasteiger partial charge in [-0.05, 0) is 43.2 Å². The number of anilines is 1. The molecule has 1 aliphatic heterocycles. The highest BCUT2D eigenvalue weighted by Gasteiger charge is 2.33. The molecule has 8 heteroatoms. The Morgan fingerprint density at radius 2 is 2.03 bits per heavy atom. The van der Waals surface area contributed by atoms with Crippen LogP contribution < -0.4 is 15.0 Å². The van der Waals surface area contributed by atoms with Crippen molar-refractivity contribution in [1.82, 2.24) is 20.1 Å². The number of hydrogen-bond donors (Lipinski definition) is 2. The Morgan fingerprint density at radius 1 is 1.16 bits per heavy atom. The summed E-state index contributed by atoms with van der Waals surface area (Å²) in [7, 11) is 0. The quantitative estimate of drug-likeness (QED) is 0.642. The van der Waals surface area contributed by atoms with Gasteiger partial charge >= 0.3 is 0 Å². The highest BCUT2D eigenvalue weighted by Crippen LogP contribution is 2.34. The first-order valence-corrected chi connectivity index (χ1v) is 11.1. The van der Waals surface area contributed by atoms with Crippen molar-refractivity contribution in [3.05, 3.63) is 66.7 Å². The zero-order chi connectivity index (χ0) is 21.9. The lowest BCUT2D eigenvalue weighted by Gasteiger charge is -2.36. The van der Waals surface area contributed by atoms with Crippen molar-refractivity contribution in [2.45, 2.75) is 50.5 Å². The molecular weight excluding hydrogens is 406 g/mol. The Bertz CT molecular complexity index is 1050. The number of carbonyl (C=O) groups excluding carboxylic acids is 1. The van der Waals surface area contributed by atoms with E-state index in [-0.39, 0.29) is 11.9 Å². The third kappa shape index (κ3) is 4.31. The van der Waals surface area contributed by atoms with Crippen LogP contribution in [0.25, 0.3) is 5.69 Å². The Balaban J connectivity index is 1.31. The summed E-state index contributed by atoms with van der Waals surface area (Å²) in [6, 6.07) is 13.4. The van der Waals surface area contributed by atoms with E-state index in [0.29, 0.717) is 18.8 Å². The largest absolute Gasteiger partial charge is 0.477 e. The molecule has 0 radical (unpaired) electrons. The van der Waals surface area contributed by atoms with E-state index in [9.17, 15) is 9.90 Å². The summed E-state index contributed by atoms with van der Waals surface area (Å²) in [5.74, 6) is 0.494. The molecule has 1 aromatic carbocycles. The molecule has 0 saturated heterocycles. The van der Waals surface area contributed by atoms with E-state index in [1.807, 2.05) is 48.7 Å². The zero-order valence-electron chi connectivity index (χ0n) is 17.8. The van der Waals surface area contributed by atoms with E-state index >= 15 is 0 Å². The molecule has 2 aliphatic rings. The highest BCUT2D eigenvalue weighted by atomic mass is 16.5. The number of carbonyl (C=O) groups is 1. The van der Waals surface area contributed by atoms with Crippen molar-refractivity contribution < 1.29 is 14.6 Å². The van der Waals surface area contributed by atoms with Crippen LogP contribution in [0.5, 0.6) is 5.75 Å². The van der Waals surface area contributed by atoms with Crippen LogP contribution in [0.3, 0.4) is 0 Å². The first kappa shape index (κ1) is 20.5. The minimum Gasteiger partial charge on any atom is -0.477 e. The molecule has 0 spiro atoms. The number of aromatic nitrogens is 3. The van der Waals surface area contributed by atoms with Gasteiger partial charge in [-0.15, -0.1) is 0 Å². The summed E-state index contributed by atoms with van der Waals surface area (Å²) in [4.78, 5) is 19.7. The molecule has 1 fully saturated rings. The SMILES string of the molecule is O=C(N[C@H]1CCCC[C@@H]1O)C1CN(Cc2ccc(-n3cccn3)cn2)c2ccccc2O1. The third-order valence-electron chi connectivity index (χ3n) is 6.14. The highest BCUT2D eigenvalue weighted by molar-refractivity contribution is 5.83. The second-order valence-corrected chi connectivity index (χ2v) is 8.38. The number of nitrogens with zero attached hydrogens (tertiary/aromatic N) is 4. The van der Waals surface area contributed by atoms with Crippen LogP contribution in [0, 0.1) is 0 Å². The van der Waals surface area contributed by atoms with Crippen LogP contribution >= 0.6 is 0 Å². The lowest BCUT2D eigenvalue weighted by atomic mass is 9.92. The predicted octanol–water partition coefficient (Wildman–Crippen LogP) is 2.45. The third-order valence-corrected chi connectivity index (χ3v) is 6.14. The average Bonchev–Trinajstić information content (AvgIpc) is 3.36. The molecular formula is C24H27N5O3. The summed E-state index contributed by atoms with van der Waals surface area (Å²) < 4.78 is 7.80. The van der Waals surface area contributed by atoms with Gasteiger partial charge in [-0.3, -0.25) is 9.78 Å². The van der Waals surface area contributed by atoms with Gasteiger partial charge < -0.3 is 20.1 Å². The smallest absolute Gasteiger partial charge is 0.263 e. The van der Waals surface area contributed by atoms with Crippen molar-refractivity contribution in [3.8, 4) is 11.4 Å². The molecule has 3 heterocycles. The number of fused-ring (bicyclic) bond motifs is 1. The number of nitrogens with one attached hydrogen (secondary N) is 1. The average molecular weight is 434 g/mol. The lowest BCUT2D eigenvalue weighted by molar-refractivity contribution is -0.129. The van der Waals surface area contributed by atoms with Crippen LogP contribution in [0.15, 0.2) is 61.1 Å². The first-order valence-electron chi connectivity index (χ1n) is 11.1. The second-order valence-electron chi connectivity index (χ2n) is 8.38. The number of rotatable bonds is 5. The molecule has 1 aliphatic carbocycles. The Hall–Kier alpha value is -3.39. The standard InChI is InChI=1S/C24H27N5O3/c30-21-8-3-1-6-19(21)27-24(31)23-16-28(20-7-2-4-9-22(20)32-23)15-17-10-11-18(14-25-17)29-13-5-12-26-29/h2,4-5,7,9-14,19,21,23,30H,1,3,6,8,15-16H2,(H,27,31)/t19-,21-,23?/m0/s1. The maximum atomic E-state index is 13.0. The fraction of sp³-hybridized carbons (Fsp3) is 0.375.